The minimum atomic E-state index is -0.352. The number of hydrogen-bond donors (Lipinski definition) is 0. The highest BCUT2D eigenvalue weighted by Gasteiger charge is 2.89. The van der Waals surface area contributed by atoms with E-state index in [4.69, 9.17) is 9.72 Å². The number of rotatable bonds is 6. The van der Waals surface area contributed by atoms with Crippen LogP contribution < -0.4 is 9.30 Å². The molecule has 0 N–H and O–H groups in total. The van der Waals surface area contributed by atoms with Crippen LogP contribution in [0.5, 0.6) is 11.5 Å². The molecule has 0 bridgehead atoms. The van der Waals surface area contributed by atoms with Gasteiger partial charge >= 0.3 is 0 Å². The smallest absolute Gasteiger partial charge is 0.269 e. The monoisotopic (exact) mass is 1230 g/mol. The van der Waals surface area contributed by atoms with Gasteiger partial charge in [-0.1, -0.05) is 261 Å². The Labute approximate surface area is 559 Å². The zero-order chi connectivity index (χ0) is 64.4. The lowest BCUT2D eigenvalue weighted by atomic mass is 9.43. The molecule has 5 aliphatic rings. The summed E-state index contributed by atoms with van der Waals surface area (Å²) in [7, 11) is 0. The molecule has 15 aromatic rings. The number of hydrogen-bond acceptors (Lipinski definition) is 2. The summed E-state index contributed by atoms with van der Waals surface area (Å²) in [5, 5.41) is 2.29. The van der Waals surface area contributed by atoms with Gasteiger partial charge in [0, 0.05) is 50.1 Å². The number of para-hydroxylation sites is 2. The lowest BCUT2D eigenvalue weighted by Crippen LogP contribution is -2.60. The number of imidazole rings is 1. The van der Waals surface area contributed by atoms with Gasteiger partial charge in [0.05, 0.1) is 33.4 Å². The van der Waals surface area contributed by atoms with E-state index < -0.39 is 0 Å². The van der Waals surface area contributed by atoms with Crippen LogP contribution in [0, 0.1) is 11.7 Å². The highest BCUT2D eigenvalue weighted by molar-refractivity contribution is 6.11. The third kappa shape index (κ3) is 6.65. The first-order valence-electron chi connectivity index (χ1n) is 33.9. The van der Waals surface area contributed by atoms with E-state index in [1.54, 1.807) is 0 Å². The molecular formula is C91H68N4O. The topological polar surface area (TPSA) is 35.9 Å². The van der Waals surface area contributed by atoms with E-state index in [0.29, 0.717) is 5.75 Å². The van der Waals surface area contributed by atoms with E-state index >= 15 is 0 Å². The molecule has 0 amide bonds. The number of pyridine rings is 1. The number of fused-ring (bicyclic) bond motifs is 22. The highest BCUT2D eigenvalue weighted by atomic mass is 16.5. The number of nitrogens with zero attached hydrogens (tertiary/aromatic N) is 4. The van der Waals surface area contributed by atoms with Crippen LogP contribution in [0.25, 0.3) is 106 Å². The molecule has 20 rings (SSSR count). The lowest BCUT2D eigenvalue weighted by Gasteiger charge is -2.57. The van der Waals surface area contributed by atoms with E-state index in [1.807, 2.05) is 6.20 Å². The Kier molecular flexibility index (Phi) is 11.0. The maximum Gasteiger partial charge on any atom is 0.269 e. The molecule has 3 aromatic heterocycles. The molecule has 0 saturated carbocycles. The summed E-state index contributed by atoms with van der Waals surface area (Å²) in [4.78, 5) is 5.16. The molecule has 5 atom stereocenters. The van der Waals surface area contributed by atoms with Gasteiger partial charge in [0.2, 0.25) is 0 Å². The van der Waals surface area contributed by atoms with Gasteiger partial charge in [0.15, 0.2) is 0 Å². The predicted octanol–water partition coefficient (Wildman–Crippen LogP) is 21.5. The first-order chi connectivity index (χ1) is 46.8. The fraction of sp³-hybridized carbons (Fsp3) is 0.143. The van der Waals surface area contributed by atoms with Gasteiger partial charge in [0.25, 0.3) is 6.33 Å². The van der Waals surface area contributed by atoms with Crippen molar-refractivity contribution in [2.45, 2.75) is 75.5 Å². The van der Waals surface area contributed by atoms with Crippen LogP contribution in [0.1, 0.15) is 98.5 Å². The third-order valence-corrected chi connectivity index (χ3v) is 24.1. The van der Waals surface area contributed by atoms with Crippen LogP contribution >= 0.6 is 0 Å². The predicted molar refractivity (Wildman–Crippen MR) is 389 cm³/mol. The molecule has 0 saturated heterocycles. The van der Waals surface area contributed by atoms with Crippen molar-refractivity contribution < 1.29 is 9.30 Å². The van der Waals surface area contributed by atoms with Crippen molar-refractivity contribution in [3.8, 4) is 84.3 Å². The molecule has 0 fully saturated rings. The minimum Gasteiger partial charge on any atom is -0.458 e. The molecule has 458 valence electrons. The number of benzene rings is 12. The third-order valence-electron chi connectivity index (χ3n) is 24.1. The van der Waals surface area contributed by atoms with Crippen LogP contribution in [0.2, 0.25) is 0 Å². The molecule has 5 heteroatoms. The maximum atomic E-state index is 7.12. The summed E-state index contributed by atoms with van der Waals surface area (Å²) in [5.74, 6) is 2.31. The standard InChI is InChI=1S/C91H68N4O/c1-86(2,3)59-48-49-92-83(52-59)95-80-47-43-57(58-42-46-78-79(51-58)90(7)77-40-20-19-39-76(77)88(5)73-36-16-15-35-72(73)87(4)74-37-17-18-38-75(74)89(78,6)91(87,88)90)50-71(80)68-45-44-62(54-82(68)95)96-61-27-21-26-60(53-61)93-55-94-84-63(56-24-9-8-10-25-56)32-22-33-69(84)66-30-13-11-28-64(66)65-29-12-14-31-67(65)70-34-23-41-81(93)85(70)94/h8-54H,1-7H3. The SMILES string of the molecule is CC(C)(C)c1ccnc(-n2c3ccc(-c4ccc5c(c4)C4(C)c6ccccc6C6(C)c7ccccc7C7(C)c8ccccc8C5(C)C764)cc3c3ccc(Oc4cccc(-n5[c-][n+]6c7c(cccc75)-c5ccccc5-c5ccccc5-c5cccc(-c7ccccc7)c5-6)c4)cc32)c1. The second kappa shape index (κ2) is 19.0. The van der Waals surface area contributed by atoms with E-state index in [-0.39, 0.29) is 32.5 Å². The van der Waals surface area contributed by atoms with Gasteiger partial charge in [-0.25, -0.2) is 4.98 Å². The average molecular weight is 1230 g/mol. The van der Waals surface area contributed by atoms with Crippen LogP contribution in [-0.4, -0.2) is 14.1 Å². The molecule has 5 nitrogen and oxygen atoms in total. The Morgan fingerprint density at radius 3 is 1.53 bits per heavy atom. The van der Waals surface area contributed by atoms with Crippen LogP contribution in [0.3, 0.4) is 0 Å². The molecule has 4 heterocycles. The minimum absolute atomic E-state index is 0.0946. The van der Waals surface area contributed by atoms with Crippen molar-refractivity contribution >= 4 is 32.8 Å². The van der Waals surface area contributed by atoms with Crippen molar-refractivity contribution in [2.75, 3.05) is 0 Å². The largest absolute Gasteiger partial charge is 0.458 e. The average Bonchev–Trinajstić information content (AvgIpc) is 1.41. The Bertz CT molecular complexity index is 5860. The van der Waals surface area contributed by atoms with Crippen molar-refractivity contribution in [3.05, 3.63) is 342 Å². The first kappa shape index (κ1) is 55.3. The van der Waals surface area contributed by atoms with E-state index in [9.17, 15) is 0 Å². The molecule has 4 aliphatic carbocycles. The number of ether oxygens (including phenoxy) is 1. The second-order valence-electron chi connectivity index (χ2n) is 29.2. The fourth-order valence-electron chi connectivity index (χ4n) is 20.6. The summed E-state index contributed by atoms with van der Waals surface area (Å²) < 4.78 is 14.0. The summed E-state index contributed by atoms with van der Waals surface area (Å²) in [6.07, 6.45) is 5.94. The Balaban J connectivity index is 0.735. The first-order valence-corrected chi connectivity index (χ1v) is 33.9. The summed E-state index contributed by atoms with van der Waals surface area (Å²) in [6, 6.07) is 104. The Morgan fingerprint density at radius 2 is 0.885 bits per heavy atom. The highest BCUT2D eigenvalue weighted by Crippen LogP contribution is 2.90. The quantitative estimate of drug-likeness (QED) is 0.123. The molecule has 12 aromatic carbocycles. The molecule has 0 radical (unpaired) electrons. The summed E-state index contributed by atoms with van der Waals surface area (Å²) in [5.41, 5.74) is 29.2. The van der Waals surface area contributed by atoms with Crippen molar-refractivity contribution in [3.63, 3.8) is 0 Å². The zero-order valence-electron chi connectivity index (χ0n) is 54.8. The second-order valence-corrected chi connectivity index (χ2v) is 29.2. The molecular weight excluding hydrogens is 1170 g/mol. The van der Waals surface area contributed by atoms with E-state index in [2.05, 4.69) is 348 Å². The van der Waals surface area contributed by atoms with Gasteiger partial charge in [0.1, 0.15) is 17.3 Å². The molecule has 1 spiro atoms. The van der Waals surface area contributed by atoms with E-state index in [0.717, 1.165) is 78.0 Å². The van der Waals surface area contributed by atoms with Gasteiger partial charge in [-0.2, -0.15) is 0 Å². The zero-order valence-corrected chi connectivity index (χ0v) is 54.8. The van der Waals surface area contributed by atoms with Crippen molar-refractivity contribution in [2.24, 2.45) is 5.41 Å². The normalized spacial score (nSPS) is 21.1. The van der Waals surface area contributed by atoms with Gasteiger partial charge in [-0.05, 0) is 172 Å². The van der Waals surface area contributed by atoms with Gasteiger partial charge < -0.3 is 4.74 Å². The van der Waals surface area contributed by atoms with E-state index in [1.165, 1.54) is 83.5 Å². The molecule has 96 heavy (non-hydrogen) atoms. The van der Waals surface area contributed by atoms with Crippen molar-refractivity contribution in [1.29, 1.82) is 0 Å². The van der Waals surface area contributed by atoms with Gasteiger partial charge in [-0.3, -0.25) is 13.7 Å². The maximum absolute atomic E-state index is 7.12. The Morgan fingerprint density at radius 1 is 0.375 bits per heavy atom. The number of aromatic nitrogens is 4. The lowest BCUT2D eigenvalue weighted by molar-refractivity contribution is -0.570. The van der Waals surface area contributed by atoms with Crippen LogP contribution in [0.4, 0.5) is 0 Å². The molecule has 1 aliphatic heterocycles. The van der Waals surface area contributed by atoms with Crippen molar-refractivity contribution in [1.82, 2.24) is 14.1 Å². The Hall–Kier alpha value is -11.1. The van der Waals surface area contributed by atoms with Crippen LogP contribution in [-0.2, 0) is 27.1 Å². The van der Waals surface area contributed by atoms with Crippen LogP contribution in [0.15, 0.2) is 285 Å². The summed E-state index contributed by atoms with van der Waals surface area (Å²) >= 11 is 0. The van der Waals surface area contributed by atoms with Gasteiger partial charge in [-0.15, -0.1) is 0 Å². The fourth-order valence-corrected chi connectivity index (χ4v) is 20.6. The summed E-state index contributed by atoms with van der Waals surface area (Å²) in [6.45, 7) is 17.3. The molecule has 5 unspecified atom stereocenters.